The number of esters is 1. The molecular formula is C10H15N3O4. The zero-order valence-electron chi connectivity index (χ0n) is 10.0. The maximum Gasteiger partial charge on any atom is 0.392 e. The van der Waals surface area contributed by atoms with Crippen LogP contribution in [0, 0.1) is 17.0 Å². The van der Waals surface area contributed by atoms with E-state index >= 15 is 0 Å². The molecule has 7 heteroatoms. The summed E-state index contributed by atoms with van der Waals surface area (Å²) in [5, 5.41) is 14.5. The van der Waals surface area contributed by atoms with Gasteiger partial charge in [0.05, 0.1) is 23.5 Å². The van der Waals surface area contributed by atoms with Gasteiger partial charge in [0.1, 0.15) is 0 Å². The normalized spacial score (nSPS) is 12.2. The van der Waals surface area contributed by atoms with Crippen LogP contribution < -0.4 is 0 Å². The van der Waals surface area contributed by atoms with E-state index in [2.05, 4.69) is 5.10 Å². The summed E-state index contributed by atoms with van der Waals surface area (Å²) in [7, 11) is 0. The molecule has 1 aromatic heterocycles. The minimum absolute atomic E-state index is 0.229. The van der Waals surface area contributed by atoms with Crippen molar-refractivity contribution in [1.82, 2.24) is 9.78 Å². The maximum absolute atomic E-state index is 11.6. The number of aromatic nitrogens is 2. The third-order valence-electron chi connectivity index (χ3n) is 2.33. The largest absolute Gasteiger partial charge is 0.464 e. The lowest BCUT2D eigenvalue weighted by molar-refractivity contribution is -0.390. The first-order valence-electron chi connectivity index (χ1n) is 5.38. The fourth-order valence-corrected chi connectivity index (χ4v) is 1.51. The first-order chi connectivity index (χ1) is 8.01. The first-order valence-corrected chi connectivity index (χ1v) is 5.38. The standard InChI is InChI=1S/C10H15N3O4/c1-4-8(10(14)17-5-2)12-6-7(3)9(11-12)13(15)16/h6,8H,4-5H2,1-3H3. The summed E-state index contributed by atoms with van der Waals surface area (Å²) in [6, 6.07) is -0.609. The van der Waals surface area contributed by atoms with E-state index in [1.807, 2.05) is 0 Å². The summed E-state index contributed by atoms with van der Waals surface area (Å²) in [6.07, 6.45) is 1.96. The van der Waals surface area contributed by atoms with Crippen molar-refractivity contribution in [2.45, 2.75) is 33.2 Å². The molecule has 1 atom stereocenters. The molecule has 7 nitrogen and oxygen atoms in total. The lowest BCUT2D eigenvalue weighted by Gasteiger charge is -2.10. The van der Waals surface area contributed by atoms with Crippen LogP contribution in [0.3, 0.4) is 0 Å². The molecule has 0 radical (unpaired) electrons. The summed E-state index contributed by atoms with van der Waals surface area (Å²) < 4.78 is 6.19. The van der Waals surface area contributed by atoms with Crippen LogP contribution in [0.1, 0.15) is 31.9 Å². The Bertz CT molecular complexity index is 427. The minimum atomic E-state index is -0.609. The Hall–Kier alpha value is -1.92. The van der Waals surface area contributed by atoms with Crippen LogP contribution in [0.2, 0.25) is 0 Å². The number of carbonyl (C=O) groups is 1. The van der Waals surface area contributed by atoms with Crippen LogP contribution in [-0.2, 0) is 9.53 Å². The molecule has 1 heterocycles. The summed E-state index contributed by atoms with van der Waals surface area (Å²) in [4.78, 5) is 21.7. The lowest BCUT2D eigenvalue weighted by atomic mass is 10.2. The number of nitrogens with zero attached hydrogens (tertiary/aromatic N) is 3. The number of hydrogen-bond acceptors (Lipinski definition) is 5. The van der Waals surface area contributed by atoms with Crippen molar-refractivity contribution in [2.75, 3.05) is 6.61 Å². The topological polar surface area (TPSA) is 87.3 Å². The highest BCUT2D eigenvalue weighted by atomic mass is 16.6. The second kappa shape index (κ2) is 5.42. The molecule has 17 heavy (non-hydrogen) atoms. The smallest absolute Gasteiger partial charge is 0.392 e. The summed E-state index contributed by atoms with van der Waals surface area (Å²) in [5.74, 6) is -0.653. The van der Waals surface area contributed by atoms with E-state index in [0.717, 1.165) is 0 Å². The highest BCUT2D eigenvalue weighted by molar-refractivity contribution is 5.74. The van der Waals surface area contributed by atoms with E-state index in [0.29, 0.717) is 12.0 Å². The number of nitro groups is 1. The average molecular weight is 241 g/mol. The van der Waals surface area contributed by atoms with Gasteiger partial charge in [-0.05, 0) is 25.2 Å². The van der Waals surface area contributed by atoms with Crippen LogP contribution in [0.4, 0.5) is 5.82 Å². The Morgan fingerprint density at radius 1 is 1.65 bits per heavy atom. The van der Waals surface area contributed by atoms with Crippen molar-refractivity contribution in [3.8, 4) is 0 Å². The molecule has 0 saturated heterocycles. The molecule has 0 aliphatic carbocycles. The van der Waals surface area contributed by atoms with Crippen LogP contribution in [0.15, 0.2) is 6.20 Å². The van der Waals surface area contributed by atoms with Crippen molar-refractivity contribution in [3.63, 3.8) is 0 Å². The number of hydrogen-bond donors (Lipinski definition) is 0. The van der Waals surface area contributed by atoms with E-state index in [-0.39, 0.29) is 12.4 Å². The van der Waals surface area contributed by atoms with Crippen molar-refractivity contribution in [2.24, 2.45) is 0 Å². The van der Waals surface area contributed by atoms with Gasteiger partial charge in [-0.2, -0.15) is 4.68 Å². The second-order valence-electron chi connectivity index (χ2n) is 3.55. The van der Waals surface area contributed by atoms with Gasteiger partial charge in [-0.1, -0.05) is 6.92 Å². The van der Waals surface area contributed by atoms with Crippen molar-refractivity contribution in [1.29, 1.82) is 0 Å². The first kappa shape index (κ1) is 13.1. The lowest BCUT2D eigenvalue weighted by Crippen LogP contribution is -2.21. The average Bonchev–Trinajstić information content (AvgIpc) is 2.62. The molecule has 0 fully saturated rings. The fraction of sp³-hybridized carbons (Fsp3) is 0.600. The van der Waals surface area contributed by atoms with Crippen LogP contribution in [-0.4, -0.2) is 27.3 Å². The molecule has 0 bridgehead atoms. The SMILES string of the molecule is CCOC(=O)C(CC)n1cc(C)c([N+](=O)[O-])n1. The molecule has 0 saturated carbocycles. The van der Waals surface area contributed by atoms with E-state index in [9.17, 15) is 14.9 Å². The molecule has 1 unspecified atom stereocenters. The van der Waals surface area contributed by atoms with E-state index in [4.69, 9.17) is 4.74 Å². The van der Waals surface area contributed by atoms with Crippen molar-refractivity contribution >= 4 is 11.8 Å². The highest BCUT2D eigenvalue weighted by Crippen LogP contribution is 2.20. The number of aryl methyl sites for hydroxylation is 1. The molecule has 1 rings (SSSR count). The predicted octanol–water partition coefficient (Wildman–Crippen LogP) is 1.61. The molecule has 0 N–H and O–H groups in total. The van der Waals surface area contributed by atoms with Gasteiger partial charge in [0.2, 0.25) is 0 Å². The van der Waals surface area contributed by atoms with Gasteiger partial charge >= 0.3 is 11.8 Å². The summed E-state index contributed by atoms with van der Waals surface area (Å²) >= 11 is 0. The number of carbonyl (C=O) groups excluding carboxylic acids is 1. The Kier molecular flexibility index (Phi) is 4.19. The van der Waals surface area contributed by atoms with Crippen molar-refractivity contribution < 1.29 is 14.5 Å². The molecular weight excluding hydrogens is 226 g/mol. The van der Waals surface area contributed by atoms with Gasteiger partial charge in [0.15, 0.2) is 6.04 Å². The second-order valence-corrected chi connectivity index (χ2v) is 3.55. The van der Waals surface area contributed by atoms with Crippen molar-refractivity contribution in [3.05, 3.63) is 21.9 Å². The maximum atomic E-state index is 11.6. The zero-order chi connectivity index (χ0) is 13.0. The molecule has 0 spiro atoms. The third-order valence-corrected chi connectivity index (χ3v) is 2.33. The third kappa shape index (κ3) is 2.80. The van der Waals surface area contributed by atoms with Gasteiger partial charge < -0.3 is 14.9 Å². The molecule has 94 valence electrons. The van der Waals surface area contributed by atoms with Crippen LogP contribution in [0.5, 0.6) is 0 Å². The minimum Gasteiger partial charge on any atom is -0.464 e. The Labute approximate surface area is 98.5 Å². The number of rotatable bonds is 5. The quantitative estimate of drug-likeness (QED) is 0.444. The van der Waals surface area contributed by atoms with Gasteiger partial charge in [0.25, 0.3) is 0 Å². The monoisotopic (exact) mass is 241 g/mol. The Balaban J connectivity index is 3.00. The molecule has 1 aromatic rings. The van der Waals surface area contributed by atoms with E-state index in [1.54, 1.807) is 20.8 Å². The van der Waals surface area contributed by atoms with Gasteiger partial charge in [-0.25, -0.2) is 4.79 Å². The highest BCUT2D eigenvalue weighted by Gasteiger charge is 2.27. The van der Waals surface area contributed by atoms with Crippen LogP contribution >= 0.6 is 0 Å². The van der Waals surface area contributed by atoms with Crippen LogP contribution in [0.25, 0.3) is 0 Å². The zero-order valence-corrected chi connectivity index (χ0v) is 10.0. The summed E-state index contributed by atoms with van der Waals surface area (Å²) in [5.41, 5.74) is 0.428. The summed E-state index contributed by atoms with van der Waals surface area (Å²) in [6.45, 7) is 5.36. The predicted molar refractivity (Wildman–Crippen MR) is 59.6 cm³/mol. The molecule has 0 aliphatic rings. The number of ether oxygens (including phenoxy) is 1. The Morgan fingerprint density at radius 3 is 2.71 bits per heavy atom. The molecule has 0 aliphatic heterocycles. The van der Waals surface area contributed by atoms with E-state index < -0.39 is 16.9 Å². The fourth-order valence-electron chi connectivity index (χ4n) is 1.51. The molecule has 0 aromatic carbocycles. The van der Waals surface area contributed by atoms with Gasteiger partial charge in [0, 0.05) is 0 Å². The van der Waals surface area contributed by atoms with E-state index in [1.165, 1.54) is 10.9 Å². The van der Waals surface area contributed by atoms with Gasteiger partial charge in [-0.15, -0.1) is 0 Å². The molecule has 0 amide bonds. The Morgan fingerprint density at radius 2 is 2.29 bits per heavy atom. The van der Waals surface area contributed by atoms with Gasteiger partial charge in [-0.3, -0.25) is 0 Å².